The quantitative estimate of drug-likeness (QED) is 0.937. The third kappa shape index (κ3) is 3.28. The number of nitrogens with one attached hydrogen (secondary N) is 1. The highest BCUT2D eigenvalue weighted by Gasteiger charge is 2.15. The number of benzene rings is 2. The van der Waals surface area contributed by atoms with Gasteiger partial charge in [-0.15, -0.1) is 0 Å². The van der Waals surface area contributed by atoms with Gasteiger partial charge < -0.3 is 0 Å². The Morgan fingerprint density at radius 3 is 2.26 bits per heavy atom. The Morgan fingerprint density at radius 2 is 1.63 bits per heavy atom. The summed E-state index contributed by atoms with van der Waals surface area (Å²) in [7, 11) is -3.58. The summed E-state index contributed by atoms with van der Waals surface area (Å²) in [6, 6.07) is 11.8. The fourth-order valence-corrected chi connectivity index (χ4v) is 2.92. The second-order valence-corrected chi connectivity index (χ2v) is 6.50. The van der Waals surface area contributed by atoms with Crippen LogP contribution in [0.1, 0.15) is 11.1 Å². The number of hydrogen-bond acceptors (Lipinski definition) is 2. The summed E-state index contributed by atoms with van der Waals surface area (Å²) in [5.41, 5.74) is 2.33. The van der Waals surface area contributed by atoms with Gasteiger partial charge in [0.25, 0.3) is 10.0 Å². The maximum absolute atomic E-state index is 12.2. The summed E-state index contributed by atoms with van der Waals surface area (Å²) in [6.07, 6.45) is 0. The van der Waals surface area contributed by atoms with Gasteiger partial charge in [0, 0.05) is 5.02 Å². The Labute approximate surface area is 118 Å². The van der Waals surface area contributed by atoms with Crippen molar-refractivity contribution in [3.8, 4) is 0 Å². The third-order valence-corrected chi connectivity index (χ3v) is 4.39. The van der Waals surface area contributed by atoms with Crippen molar-refractivity contribution in [2.24, 2.45) is 0 Å². The molecule has 5 heteroatoms. The number of hydrogen-bond donors (Lipinski definition) is 1. The van der Waals surface area contributed by atoms with Crippen molar-refractivity contribution in [1.82, 2.24) is 0 Å². The smallest absolute Gasteiger partial charge is 0.261 e. The van der Waals surface area contributed by atoms with E-state index in [0.29, 0.717) is 10.7 Å². The standard InChI is InChI=1S/C14H14ClNO2S/c1-10-3-7-13(8-4-10)19(17,18)16-14-9-12(15)6-5-11(14)2/h3-9,16H,1-2H3. The van der Waals surface area contributed by atoms with Crippen molar-refractivity contribution in [3.63, 3.8) is 0 Å². The Hall–Kier alpha value is -1.52. The molecule has 0 radical (unpaired) electrons. The summed E-state index contributed by atoms with van der Waals surface area (Å²) in [5, 5.41) is 0.493. The van der Waals surface area contributed by atoms with Gasteiger partial charge in [-0.2, -0.15) is 0 Å². The van der Waals surface area contributed by atoms with Gasteiger partial charge in [0.2, 0.25) is 0 Å². The minimum absolute atomic E-state index is 0.234. The highest BCUT2D eigenvalue weighted by molar-refractivity contribution is 7.92. The molecule has 0 aromatic heterocycles. The first kappa shape index (κ1) is 13.9. The molecule has 100 valence electrons. The number of halogens is 1. The van der Waals surface area contributed by atoms with Gasteiger partial charge in [-0.1, -0.05) is 35.4 Å². The van der Waals surface area contributed by atoms with Crippen LogP contribution in [0.15, 0.2) is 47.4 Å². The van der Waals surface area contributed by atoms with Crippen molar-refractivity contribution in [2.45, 2.75) is 18.7 Å². The minimum Gasteiger partial charge on any atom is -0.279 e. The number of aryl methyl sites for hydroxylation is 2. The van der Waals surface area contributed by atoms with Crippen LogP contribution in [0.5, 0.6) is 0 Å². The first-order valence-corrected chi connectivity index (χ1v) is 7.60. The van der Waals surface area contributed by atoms with Gasteiger partial charge in [0.1, 0.15) is 0 Å². The molecule has 2 rings (SSSR count). The molecule has 2 aromatic carbocycles. The zero-order valence-corrected chi connectivity index (χ0v) is 12.2. The van der Waals surface area contributed by atoms with Crippen LogP contribution in [0, 0.1) is 13.8 Å². The van der Waals surface area contributed by atoms with E-state index in [-0.39, 0.29) is 4.90 Å². The predicted octanol–water partition coefficient (Wildman–Crippen LogP) is 3.76. The van der Waals surface area contributed by atoms with Gasteiger partial charge in [0.05, 0.1) is 10.6 Å². The lowest BCUT2D eigenvalue weighted by molar-refractivity contribution is 0.601. The van der Waals surface area contributed by atoms with Gasteiger partial charge >= 0.3 is 0 Å². The summed E-state index contributed by atoms with van der Waals surface area (Å²) in [5.74, 6) is 0. The van der Waals surface area contributed by atoms with E-state index in [1.807, 2.05) is 13.8 Å². The monoisotopic (exact) mass is 295 g/mol. The first-order chi connectivity index (χ1) is 8.88. The van der Waals surface area contributed by atoms with Crippen LogP contribution in [-0.2, 0) is 10.0 Å². The normalized spacial score (nSPS) is 11.3. The Kier molecular flexibility index (Phi) is 3.83. The minimum atomic E-state index is -3.58. The molecule has 0 bridgehead atoms. The van der Waals surface area contributed by atoms with Gasteiger partial charge in [-0.3, -0.25) is 4.72 Å². The largest absolute Gasteiger partial charge is 0.279 e. The lowest BCUT2D eigenvalue weighted by Crippen LogP contribution is -2.13. The molecule has 0 saturated carbocycles. The Morgan fingerprint density at radius 1 is 1.00 bits per heavy atom. The first-order valence-electron chi connectivity index (χ1n) is 5.74. The summed E-state index contributed by atoms with van der Waals surface area (Å²) in [4.78, 5) is 0.234. The molecule has 1 N–H and O–H groups in total. The Balaban J connectivity index is 2.36. The highest BCUT2D eigenvalue weighted by Crippen LogP contribution is 2.23. The number of sulfonamides is 1. The third-order valence-electron chi connectivity index (χ3n) is 2.78. The lowest BCUT2D eigenvalue weighted by atomic mass is 10.2. The second kappa shape index (κ2) is 5.23. The van der Waals surface area contributed by atoms with E-state index in [2.05, 4.69) is 4.72 Å². The summed E-state index contributed by atoms with van der Waals surface area (Å²) < 4.78 is 27.0. The average molecular weight is 296 g/mol. The van der Waals surface area contributed by atoms with Gasteiger partial charge in [-0.05, 0) is 43.7 Å². The van der Waals surface area contributed by atoms with Crippen LogP contribution < -0.4 is 4.72 Å². The average Bonchev–Trinajstić information content (AvgIpc) is 2.34. The molecule has 0 saturated heterocycles. The zero-order chi connectivity index (χ0) is 14.0. The van der Waals surface area contributed by atoms with Crippen molar-refractivity contribution >= 4 is 27.3 Å². The molecule has 0 amide bonds. The molecule has 0 aliphatic rings. The molecule has 0 atom stereocenters. The molecule has 0 heterocycles. The van der Waals surface area contributed by atoms with E-state index in [1.54, 1.807) is 42.5 Å². The zero-order valence-electron chi connectivity index (χ0n) is 10.6. The second-order valence-electron chi connectivity index (χ2n) is 4.38. The lowest BCUT2D eigenvalue weighted by Gasteiger charge is -2.11. The van der Waals surface area contributed by atoms with Crippen LogP contribution in [0.4, 0.5) is 5.69 Å². The van der Waals surface area contributed by atoms with E-state index < -0.39 is 10.0 Å². The fraction of sp³-hybridized carbons (Fsp3) is 0.143. The summed E-state index contributed by atoms with van der Waals surface area (Å²) >= 11 is 5.88. The van der Waals surface area contributed by atoms with Crippen LogP contribution in [0.25, 0.3) is 0 Å². The Bertz CT molecular complexity index is 694. The molecular formula is C14H14ClNO2S. The molecule has 0 aliphatic carbocycles. The maximum atomic E-state index is 12.2. The van der Waals surface area contributed by atoms with E-state index in [1.165, 1.54) is 0 Å². The molecule has 0 fully saturated rings. The SMILES string of the molecule is Cc1ccc(S(=O)(=O)Nc2cc(Cl)ccc2C)cc1. The van der Waals surface area contributed by atoms with Gasteiger partial charge in [-0.25, -0.2) is 8.42 Å². The maximum Gasteiger partial charge on any atom is 0.261 e. The van der Waals surface area contributed by atoms with Crippen LogP contribution in [-0.4, -0.2) is 8.42 Å². The predicted molar refractivity (Wildman–Crippen MR) is 78.2 cm³/mol. The van der Waals surface area contributed by atoms with Crippen LogP contribution in [0.2, 0.25) is 5.02 Å². The molecule has 2 aromatic rings. The highest BCUT2D eigenvalue weighted by atomic mass is 35.5. The van der Waals surface area contributed by atoms with Crippen molar-refractivity contribution in [1.29, 1.82) is 0 Å². The van der Waals surface area contributed by atoms with Crippen molar-refractivity contribution in [2.75, 3.05) is 4.72 Å². The van der Waals surface area contributed by atoms with Crippen molar-refractivity contribution < 1.29 is 8.42 Å². The number of anilines is 1. The molecule has 0 aliphatic heterocycles. The van der Waals surface area contributed by atoms with E-state index >= 15 is 0 Å². The fourth-order valence-electron chi connectivity index (χ4n) is 1.63. The van der Waals surface area contributed by atoms with Gasteiger partial charge in [0.15, 0.2) is 0 Å². The molecule has 19 heavy (non-hydrogen) atoms. The molecule has 0 spiro atoms. The topological polar surface area (TPSA) is 46.2 Å². The molecular weight excluding hydrogens is 282 g/mol. The molecule has 3 nitrogen and oxygen atoms in total. The summed E-state index contributed by atoms with van der Waals surface area (Å²) in [6.45, 7) is 3.73. The number of rotatable bonds is 3. The van der Waals surface area contributed by atoms with E-state index in [9.17, 15) is 8.42 Å². The van der Waals surface area contributed by atoms with Crippen molar-refractivity contribution in [3.05, 3.63) is 58.6 Å². The molecule has 0 unspecified atom stereocenters. The van der Waals surface area contributed by atoms with E-state index in [4.69, 9.17) is 11.6 Å². The van der Waals surface area contributed by atoms with Crippen LogP contribution in [0.3, 0.4) is 0 Å². The van der Waals surface area contributed by atoms with Crippen LogP contribution >= 0.6 is 11.6 Å². The van der Waals surface area contributed by atoms with E-state index in [0.717, 1.165) is 11.1 Å².